The van der Waals surface area contributed by atoms with Gasteiger partial charge in [-0.15, -0.1) is 0 Å². The molecule has 9 atom stereocenters. The molecule has 3 rings (SSSR count). The highest BCUT2D eigenvalue weighted by atomic mass is 16.7. The van der Waals surface area contributed by atoms with E-state index in [1.54, 1.807) is 6.92 Å². The fourth-order valence-corrected chi connectivity index (χ4v) is 3.82. The monoisotopic (exact) mass is 348 g/mol. The first-order chi connectivity index (χ1) is 11.2. The van der Waals surface area contributed by atoms with Crippen LogP contribution in [0.3, 0.4) is 0 Å². The molecular formula is C15H24O9. The molecule has 6 N–H and O–H groups in total. The molecule has 1 saturated carbocycles. The predicted octanol–water partition coefficient (Wildman–Crippen LogP) is -2.78. The minimum atomic E-state index is -1.56. The summed E-state index contributed by atoms with van der Waals surface area (Å²) in [6.07, 6.45) is -5.38. The van der Waals surface area contributed by atoms with Gasteiger partial charge in [0.05, 0.1) is 37.1 Å². The van der Waals surface area contributed by atoms with Gasteiger partial charge in [0.1, 0.15) is 30.0 Å². The van der Waals surface area contributed by atoms with Crippen LogP contribution in [0.5, 0.6) is 0 Å². The number of ether oxygens (including phenoxy) is 3. The maximum absolute atomic E-state index is 10.7. The molecule has 3 aliphatic rings. The number of fused-ring (bicyclic) bond motifs is 1. The van der Waals surface area contributed by atoms with Crippen molar-refractivity contribution in [3.8, 4) is 0 Å². The van der Waals surface area contributed by atoms with Gasteiger partial charge >= 0.3 is 0 Å². The van der Waals surface area contributed by atoms with Gasteiger partial charge in [0.25, 0.3) is 0 Å². The largest absolute Gasteiger partial charge is 0.501 e. The van der Waals surface area contributed by atoms with Crippen LogP contribution in [0.4, 0.5) is 0 Å². The van der Waals surface area contributed by atoms with Gasteiger partial charge < -0.3 is 44.8 Å². The van der Waals surface area contributed by atoms with Crippen LogP contribution in [0.1, 0.15) is 13.3 Å². The molecule has 0 radical (unpaired) electrons. The predicted molar refractivity (Wildman–Crippen MR) is 77.4 cm³/mol. The average Bonchev–Trinajstić information content (AvgIpc) is 2.75. The number of hydrogen-bond donors (Lipinski definition) is 6. The Labute approximate surface area is 138 Å². The van der Waals surface area contributed by atoms with Crippen molar-refractivity contribution in [3.05, 3.63) is 12.3 Å². The van der Waals surface area contributed by atoms with Gasteiger partial charge in [-0.05, 0) is 13.0 Å². The van der Waals surface area contributed by atoms with Gasteiger partial charge in [0, 0.05) is 6.42 Å². The van der Waals surface area contributed by atoms with Crippen molar-refractivity contribution in [1.82, 2.24) is 0 Å². The molecule has 1 aliphatic carbocycles. The van der Waals surface area contributed by atoms with E-state index in [-0.39, 0.29) is 13.0 Å². The topological polar surface area (TPSA) is 149 Å². The number of aliphatic hydroxyl groups excluding tert-OH is 5. The molecule has 9 heteroatoms. The number of aliphatic hydroxyl groups is 6. The molecule has 138 valence electrons. The molecular weight excluding hydrogens is 324 g/mol. The van der Waals surface area contributed by atoms with Crippen LogP contribution in [0.15, 0.2) is 12.3 Å². The Hall–Kier alpha value is -0.780. The van der Waals surface area contributed by atoms with Crippen LogP contribution in [-0.2, 0) is 14.2 Å². The van der Waals surface area contributed by atoms with Crippen molar-refractivity contribution >= 4 is 0 Å². The van der Waals surface area contributed by atoms with Crippen LogP contribution in [0.2, 0.25) is 0 Å². The third-order valence-corrected chi connectivity index (χ3v) is 5.36. The summed E-state index contributed by atoms with van der Waals surface area (Å²) in [7, 11) is 0. The van der Waals surface area contributed by atoms with Crippen LogP contribution in [0, 0.1) is 5.92 Å². The van der Waals surface area contributed by atoms with E-state index < -0.39 is 60.5 Å². The Balaban J connectivity index is 1.81. The summed E-state index contributed by atoms with van der Waals surface area (Å²) in [5.74, 6) is -0.627. The molecule has 24 heavy (non-hydrogen) atoms. The van der Waals surface area contributed by atoms with Crippen molar-refractivity contribution in [2.75, 3.05) is 13.2 Å². The summed E-state index contributed by atoms with van der Waals surface area (Å²) in [6, 6.07) is 0. The summed E-state index contributed by atoms with van der Waals surface area (Å²) < 4.78 is 16.4. The Kier molecular flexibility index (Phi) is 4.65. The molecule has 2 fully saturated rings. The average molecular weight is 348 g/mol. The van der Waals surface area contributed by atoms with Gasteiger partial charge in [-0.25, -0.2) is 0 Å². The number of rotatable bonds is 3. The van der Waals surface area contributed by atoms with Crippen molar-refractivity contribution in [3.63, 3.8) is 0 Å². The van der Waals surface area contributed by atoms with Crippen LogP contribution < -0.4 is 0 Å². The summed E-state index contributed by atoms with van der Waals surface area (Å²) in [6.45, 7) is 1.17. The van der Waals surface area contributed by atoms with Crippen LogP contribution >= 0.6 is 0 Å². The van der Waals surface area contributed by atoms with Gasteiger partial charge in [-0.3, -0.25) is 0 Å². The molecule has 0 unspecified atom stereocenters. The van der Waals surface area contributed by atoms with Crippen LogP contribution in [0.25, 0.3) is 0 Å². The normalized spacial score (nSPS) is 54.4. The van der Waals surface area contributed by atoms with Crippen molar-refractivity contribution < 1.29 is 44.8 Å². The lowest BCUT2D eigenvalue weighted by Crippen LogP contribution is -2.61. The second-order valence-electron chi connectivity index (χ2n) is 6.92. The molecule has 0 spiro atoms. The Morgan fingerprint density at radius 1 is 1.17 bits per heavy atom. The van der Waals surface area contributed by atoms with E-state index in [9.17, 15) is 30.6 Å². The first-order valence-corrected chi connectivity index (χ1v) is 7.91. The molecule has 0 bridgehead atoms. The minimum absolute atomic E-state index is 0.0525. The van der Waals surface area contributed by atoms with Gasteiger partial charge in [0.15, 0.2) is 6.29 Å². The smallest absolute Gasteiger partial charge is 0.187 e. The zero-order chi connectivity index (χ0) is 17.7. The molecule has 0 aromatic rings. The molecule has 1 saturated heterocycles. The highest BCUT2D eigenvalue weighted by Gasteiger charge is 2.62. The quantitative estimate of drug-likeness (QED) is 0.318. The van der Waals surface area contributed by atoms with E-state index in [2.05, 4.69) is 0 Å². The lowest BCUT2D eigenvalue weighted by molar-refractivity contribution is -0.331. The van der Waals surface area contributed by atoms with Crippen molar-refractivity contribution in [2.24, 2.45) is 5.92 Å². The first kappa shape index (κ1) is 18.0. The fourth-order valence-electron chi connectivity index (χ4n) is 3.82. The molecule has 0 aromatic heterocycles. The summed E-state index contributed by atoms with van der Waals surface area (Å²) in [5, 5.41) is 59.9. The summed E-state index contributed by atoms with van der Waals surface area (Å²) in [5.41, 5.74) is -2.65. The SMILES string of the molecule is C[C@@]1(O[C@@H]2O[C@H](CO)[C@@H](O)[C@H](O)[C@H]2O)C[C@H](O)[C@@]2(O)C=COC[C@H]21. The molecule has 0 amide bonds. The lowest BCUT2D eigenvalue weighted by Gasteiger charge is -2.45. The first-order valence-electron chi connectivity index (χ1n) is 7.91. The zero-order valence-electron chi connectivity index (χ0n) is 13.2. The van der Waals surface area contributed by atoms with E-state index in [4.69, 9.17) is 14.2 Å². The summed E-state index contributed by atoms with van der Waals surface area (Å²) in [4.78, 5) is 0. The van der Waals surface area contributed by atoms with E-state index in [1.165, 1.54) is 12.3 Å². The summed E-state index contributed by atoms with van der Waals surface area (Å²) >= 11 is 0. The van der Waals surface area contributed by atoms with Gasteiger partial charge in [-0.1, -0.05) is 0 Å². The van der Waals surface area contributed by atoms with E-state index in [1.807, 2.05) is 0 Å². The highest BCUT2D eigenvalue weighted by Crippen LogP contribution is 2.49. The van der Waals surface area contributed by atoms with E-state index in [0.29, 0.717) is 0 Å². The van der Waals surface area contributed by atoms with Crippen molar-refractivity contribution in [2.45, 2.75) is 61.4 Å². The Morgan fingerprint density at radius 2 is 1.88 bits per heavy atom. The fraction of sp³-hybridized carbons (Fsp3) is 0.867. The third kappa shape index (κ3) is 2.65. The Bertz CT molecular complexity index is 497. The van der Waals surface area contributed by atoms with E-state index >= 15 is 0 Å². The highest BCUT2D eigenvalue weighted by molar-refractivity contribution is 5.20. The zero-order valence-corrected chi connectivity index (χ0v) is 13.2. The van der Waals surface area contributed by atoms with Crippen LogP contribution in [-0.4, -0.2) is 91.9 Å². The molecule has 0 aromatic carbocycles. The van der Waals surface area contributed by atoms with Crippen molar-refractivity contribution in [1.29, 1.82) is 0 Å². The lowest BCUT2D eigenvalue weighted by atomic mass is 9.82. The Morgan fingerprint density at radius 3 is 2.54 bits per heavy atom. The second kappa shape index (κ2) is 6.19. The molecule has 2 aliphatic heterocycles. The van der Waals surface area contributed by atoms with Gasteiger partial charge in [0.2, 0.25) is 0 Å². The molecule has 2 heterocycles. The third-order valence-electron chi connectivity index (χ3n) is 5.36. The minimum Gasteiger partial charge on any atom is -0.501 e. The standard InChI is InChI=1S/C15H24O9/c1-14(4-9(17)15(21)2-3-22-6-8(14)15)24-13-12(20)11(19)10(18)7(5-16)23-13/h2-3,7-13,16-21H,4-6H2,1H3/t7-,8+,9+,10-,11+,12-,13+,14-,15-/m1/s1. The second-order valence-corrected chi connectivity index (χ2v) is 6.92. The maximum atomic E-state index is 10.7. The molecule has 9 nitrogen and oxygen atoms in total. The number of hydrogen-bond acceptors (Lipinski definition) is 9. The van der Waals surface area contributed by atoms with Gasteiger partial charge in [-0.2, -0.15) is 0 Å². The maximum Gasteiger partial charge on any atom is 0.187 e. The van der Waals surface area contributed by atoms with E-state index in [0.717, 1.165) is 0 Å².